The summed E-state index contributed by atoms with van der Waals surface area (Å²) in [5.41, 5.74) is 1.31. The molecule has 1 atom stereocenters. The largest absolute Gasteiger partial charge is 0.313 e. The molecule has 2 aromatic rings. The summed E-state index contributed by atoms with van der Waals surface area (Å²) in [4.78, 5) is 2.52. The van der Waals surface area contributed by atoms with Crippen LogP contribution in [0.3, 0.4) is 0 Å². The minimum Gasteiger partial charge on any atom is -0.313 e. The Kier molecular flexibility index (Phi) is 5.51. The Labute approximate surface area is 135 Å². The third kappa shape index (κ3) is 4.09. The van der Waals surface area contributed by atoms with E-state index in [1.807, 2.05) is 13.1 Å². The first kappa shape index (κ1) is 15.1. The fraction of sp³-hybridized carbons (Fsp3) is 0.200. The fourth-order valence-electron chi connectivity index (χ4n) is 1.76. The van der Waals surface area contributed by atoms with Crippen molar-refractivity contribution in [1.82, 2.24) is 5.32 Å². The topological polar surface area (TPSA) is 12.0 Å². The highest BCUT2D eigenvalue weighted by Crippen LogP contribution is 2.35. The molecule has 0 saturated carbocycles. The Morgan fingerprint density at radius 2 is 1.79 bits per heavy atom. The highest BCUT2D eigenvalue weighted by molar-refractivity contribution is 9.10. The van der Waals surface area contributed by atoms with Crippen molar-refractivity contribution in [1.29, 1.82) is 0 Å². The highest BCUT2D eigenvalue weighted by Gasteiger charge is 2.11. The lowest BCUT2D eigenvalue weighted by Crippen LogP contribution is -2.13. The maximum absolute atomic E-state index is 3.55. The zero-order chi connectivity index (χ0) is 13.8. The van der Waals surface area contributed by atoms with E-state index in [1.54, 1.807) is 11.8 Å². The van der Waals surface area contributed by atoms with Gasteiger partial charge in [0.05, 0.1) is 0 Å². The van der Waals surface area contributed by atoms with Gasteiger partial charge in [0.25, 0.3) is 0 Å². The van der Waals surface area contributed by atoms with Crippen molar-refractivity contribution in [2.24, 2.45) is 0 Å². The molecule has 0 radical (unpaired) electrons. The van der Waals surface area contributed by atoms with E-state index in [9.17, 15) is 0 Å². The van der Waals surface area contributed by atoms with E-state index in [2.05, 4.69) is 80.5 Å². The molecule has 1 N–H and O–H groups in total. The second kappa shape index (κ2) is 6.93. The summed E-state index contributed by atoms with van der Waals surface area (Å²) in [5.74, 6) is 0. The van der Waals surface area contributed by atoms with Crippen LogP contribution in [-0.2, 0) is 0 Å². The lowest BCUT2D eigenvalue weighted by Gasteiger charge is -2.16. The number of rotatable bonds is 4. The van der Waals surface area contributed by atoms with E-state index in [4.69, 9.17) is 0 Å². The standard InChI is InChI=1S/C15H15Br2NS/c1-10(18-2)14-9-12(17)6-7-15(14)19-13-5-3-4-11(16)8-13/h3-10,18H,1-2H3. The molecule has 0 aliphatic heterocycles. The number of hydrogen-bond acceptors (Lipinski definition) is 2. The summed E-state index contributed by atoms with van der Waals surface area (Å²) in [5, 5.41) is 3.30. The molecule has 1 unspecified atom stereocenters. The monoisotopic (exact) mass is 399 g/mol. The number of nitrogens with one attached hydrogen (secondary N) is 1. The van der Waals surface area contributed by atoms with Crippen molar-refractivity contribution < 1.29 is 0 Å². The maximum Gasteiger partial charge on any atom is 0.0300 e. The van der Waals surface area contributed by atoms with Crippen molar-refractivity contribution >= 4 is 43.6 Å². The van der Waals surface area contributed by atoms with Gasteiger partial charge in [-0.2, -0.15) is 0 Å². The van der Waals surface area contributed by atoms with Crippen LogP contribution in [0.4, 0.5) is 0 Å². The molecule has 2 rings (SSSR count). The predicted molar refractivity (Wildman–Crippen MR) is 89.9 cm³/mol. The van der Waals surface area contributed by atoms with E-state index in [-0.39, 0.29) is 0 Å². The van der Waals surface area contributed by atoms with Gasteiger partial charge in [-0.1, -0.05) is 49.7 Å². The molecule has 1 nitrogen and oxygen atoms in total. The van der Waals surface area contributed by atoms with Crippen molar-refractivity contribution in [3.05, 3.63) is 57.0 Å². The number of halogens is 2. The predicted octanol–water partition coefficient (Wildman–Crippen LogP) is 5.64. The van der Waals surface area contributed by atoms with Gasteiger partial charge in [-0.15, -0.1) is 0 Å². The summed E-state index contributed by atoms with van der Waals surface area (Å²) >= 11 is 8.85. The smallest absolute Gasteiger partial charge is 0.0300 e. The SMILES string of the molecule is CNC(C)c1cc(Br)ccc1Sc1cccc(Br)c1. The van der Waals surface area contributed by atoms with Crippen LogP contribution in [0.5, 0.6) is 0 Å². The second-order valence-electron chi connectivity index (χ2n) is 4.25. The van der Waals surface area contributed by atoms with Gasteiger partial charge in [-0.25, -0.2) is 0 Å². The molecule has 4 heteroatoms. The number of hydrogen-bond donors (Lipinski definition) is 1. The van der Waals surface area contributed by atoms with Crippen molar-refractivity contribution in [2.75, 3.05) is 7.05 Å². The zero-order valence-electron chi connectivity index (χ0n) is 10.8. The lowest BCUT2D eigenvalue weighted by molar-refractivity contribution is 0.641. The van der Waals surface area contributed by atoms with Crippen molar-refractivity contribution in [3.8, 4) is 0 Å². The zero-order valence-corrected chi connectivity index (χ0v) is 14.8. The van der Waals surface area contributed by atoms with Crippen LogP contribution in [0.25, 0.3) is 0 Å². The molecule has 0 aliphatic carbocycles. The Morgan fingerprint density at radius 3 is 2.47 bits per heavy atom. The second-order valence-corrected chi connectivity index (χ2v) is 7.20. The van der Waals surface area contributed by atoms with Gasteiger partial charge in [0, 0.05) is 24.8 Å². The van der Waals surface area contributed by atoms with E-state index >= 15 is 0 Å². The first-order chi connectivity index (χ1) is 9.10. The number of benzene rings is 2. The molecule has 0 amide bonds. The molecular formula is C15H15Br2NS. The third-order valence-electron chi connectivity index (χ3n) is 2.90. The first-order valence-electron chi connectivity index (χ1n) is 6.00. The van der Waals surface area contributed by atoms with Crippen LogP contribution in [0.1, 0.15) is 18.5 Å². The first-order valence-corrected chi connectivity index (χ1v) is 8.40. The normalized spacial score (nSPS) is 12.4. The quantitative estimate of drug-likeness (QED) is 0.712. The molecule has 0 saturated heterocycles. The van der Waals surface area contributed by atoms with Crippen LogP contribution in [0.2, 0.25) is 0 Å². The fourth-order valence-corrected chi connectivity index (χ4v) is 3.77. The summed E-state index contributed by atoms with van der Waals surface area (Å²) in [6.45, 7) is 2.17. The molecule has 0 spiro atoms. The van der Waals surface area contributed by atoms with Gasteiger partial charge < -0.3 is 5.32 Å². The van der Waals surface area contributed by atoms with E-state index in [0.717, 1.165) is 8.95 Å². The average Bonchev–Trinajstić information content (AvgIpc) is 2.40. The molecule has 19 heavy (non-hydrogen) atoms. The highest BCUT2D eigenvalue weighted by atomic mass is 79.9. The molecule has 0 fully saturated rings. The van der Waals surface area contributed by atoms with Crippen LogP contribution >= 0.6 is 43.6 Å². The molecule has 0 heterocycles. The van der Waals surface area contributed by atoms with Crippen LogP contribution < -0.4 is 5.32 Å². The minimum atomic E-state index is 0.326. The van der Waals surface area contributed by atoms with Crippen LogP contribution in [-0.4, -0.2) is 7.05 Å². The average molecular weight is 401 g/mol. The summed E-state index contributed by atoms with van der Waals surface area (Å²) < 4.78 is 2.22. The summed E-state index contributed by atoms with van der Waals surface area (Å²) in [6.07, 6.45) is 0. The molecule has 2 aromatic carbocycles. The molecule has 0 aromatic heterocycles. The molecular weight excluding hydrogens is 386 g/mol. The molecule has 0 aliphatic rings. The Bertz CT molecular complexity index is 572. The van der Waals surface area contributed by atoms with Gasteiger partial charge in [0.15, 0.2) is 0 Å². The Hall–Kier alpha value is -0.290. The maximum atomic E-state index is 3.55. The molecule has 100 valence electrons. The van der Waals surface area contributed by atoms with E-state index < -0.39 is 0 Å². The van der Waals surface area contributed by atoms with Crippen molar-refractivity contribution in [3.63, 3.8) is 0 Å². The van der Waals surface area contributed by atoms with Gasteiger partial charge in [-0.3, -0.25) is 0 Å². The van der Waals surface area contributed by atoms with Crippen molar-refractivity contribution in [2.45, 2.75) is 22.8 Å². The van der Waals surface area contributed by atoms with Gasteiger partial charge in [-0.05, 0) is 55.9 Å². The lowest BCUT2D eigenvalue weighted by atomic mass is 10.1. The minimum absolute atomic E-state index is 0.326. The summed E-state index contributed by atoms with van der Waals surface area (Å²) in [7, 11) is 1.99. The van der Waals surface area contributed by atoms with Gasteiger partial charge in [0.2, 0.25) is 0 Å². The van der Waals surface area contributed by atoms with E-state index in [0.29, 0.717) is 6.04 Å². The van der Waals surface area contributed by atoms with Gasteiger partial charge >= 0.3 is 0 Å². The van der Waals surface area contributed by atoms with E-state index in [1.165, 1.54) is 15.4 Å². The van der Waals surface area contributed by atoms with Crippen LogP contribution in [0.15, 0.2) is 61.2 Å². The third-order valence-corrected chi connectivity index (χ3v) is 4.96. The Morgan fingerprint density at radius 1 is 1.05 bits per heavy atom. The van der Waals surface area contributed by atoms with Crippen LogP contribution in [0, 0.1) is 0 Å². The van der Waals surface area contributed by atoms with Gasteiger partial charge in [0.1, 0.15) is 0 Å². The molecule has 0 bridgehead atoms. The summed E-state index contributed by atoms with van der Waals surface area (Å²) in [6, 6.07) is 15.1. The Balaban J connectivity index is 2.34.